The van der Waals surface area contributed by atoms with E-state index in [1.807, 2.05) is 0 Å². The highest BCUT2D eigenvalue weighted by atomic mass is 32.2. The highest BCUT2D eigenvalue weighted by Gasteiger charge is 2.44. The molecule has 3 N–H and O–H groups in total. The van der Waals surface area contributed by atoms with Crippen molar-refractivity contribution in [3.05, 3.63) is 30.5 Å². The van der Waals surface area contributed by atoms with Crippen LogP contribution in [0.1, 0.15) is 0 Å². The summed E-state index contributed by atoms with van der Waals surface area (Å²) in [5.41, 5.74) is 0.0562. The predicted octanol–water partition coefficient (Wildman–Crippen LogP) is -0.386. The van der Waals surface area contributed by atoms with Crippen molar-refractivity contribution in [2.75, 3.05) is 0 Å². The molecule has 10 heteroatoms. The molecule has 23 heavy (non-hydrogen) atoms. The molecule has 0 atom stereocenters. The van der Waals surface area contributed by atoms with Crippen LogP contribution in [0.3, 0.4) is 0 Å². The molecule has 8 nitrogen and oxygen atoms in total. The van der Waals surface area contributed by atoms with Crippen molar-refractivity contribution in [3.63, 3.8) is 0 Å². The molecular weight excluding hydrogens is 342 g/mol. The van der Waals surface area contributed by atoms with Crippen LogP contribution in [0.4, 0.5) is 0 Å². The lowest BCUT2D eigenvalue weighted by molar-refractivity contribution is -0.128. The van der Waals surface area contributed by atoms with E-state index in [0.717, 1.165) is 12.1 Å². The van der Waals surface area contributed by atoms with Gasteiger partial charge in [-0.25, -0.2) is 8.42 Å². The molecule has 0 saturated carbocycles. The second-order valence-electron chi connectivity index (χ2n) is 4.72. The van der Waals surface area contributed by atoms with Gasteiger partial charge in [-0.05, 0) is 36.5 Å². The standard InChI is InChI=1S/C13H9N3O5S2/c17-7-3-4-8(6-2-1-5-14-9(6)7)23(20,21)10-11(18)15-13(22)16-12(10)19/h1-5,10,17H,(H2,15,16,18,19,22). The van der Waals surface area contributed by atoms with Gasteiger partial charge in [0.25, 0.3) is 11.8 Å². The van der Waals surface area contributed by atoms with Crippen molar-refractivity contribution in [2.45, 2.75) is 10.1 Å². The van der Waals surface area contributed by atoms with Gasteiger partial charge in [0, 0.05) is 11.6 Å². The van der Waals surface area contributed by atoms with Gasteiger partial charge in [0.05, 0.1) is 4.90 Å². The molecule has 1 aromatic heterocycles. The van der Waals surface area contributed by atoms with Gasteiger partial charge in [0.1, 0.15) is 11.3 Å². The first-order valence-electron chi connectivity index (χ1n) is 6.28. The number of aromatic nitrogens is 1. The van der Waals surface area contributed by atoms with E-state index in [1.165, 1.54) is 18.3 Å². The van der Waals surface area contributed by atoms with Gasteiger partial charge in [-0.3, -0.25) is 14.6 Å². The van der Waals surface area contributed by atoms with Crippen molar-refractivity contribution < 1.29 is 23.1 Å². The number of benzene rings is 1. The fourth-order valence-electron chi connectivity index (χ4n) is 2.29. The molecule has 1 aromatic carbocycles. The summed E-state index contributed by atoms with van der Waals surface area (Å²) in [6.45, 7) is 0. The number of phenolic OH excluding ortho intramolecular Hbond substituents is 1. The van der Waals surface area contributed by atoms with E-state index in [-0.39, 0.29) is 26.7 Å². The van der Waals surface area contributed by atoms with Gasteiger partial charge in [-0.15, -0.1) is 0 Å². The number of pyridine rings is 1. The Morgan fingerprint density at radius 3 is 2.43 bits per heavy atom. The maximum absolute atomic E-state index is 12.8. The SMILES string of the molecule is O=C1NC(=S)NC(=O)C1S(=O)(=O)c1ccc(O)c2ncccc12. The van der Waals surface area contributed by atoms with E-state index in [2.05, 4.69) is 27.8 Å². The summed E-state index contributed by atoms with van der Waals surface area (Å²) in [6.07, 6.45) is 1.39. The molecule has 1 fully saturated rings. The number of thiocarbonyl (C=S) groups is 1. The zero-order chi connectivity index (χ0) is 16.8. The molecule has 118 valence electrons. The van der Waals surface area contributed by atoms with E-state index in [4.69, 9.17) is 0 Å². The molecule has 1 saturated heterocycles. The molecule has 1 aliphatic heterocycles. The topological polar surface area (TPSA) is 125 Å². The number of hydrogen-bond acceptors (Lipinski definition) is 7. The number of aromatic hydroxyl groups is 1. The molecule has 0 spiro atoms. The minimum atomic E-state index is -4.36. The second kappa shape index (κ2) is 5.25. The van der Waals surface area contributed by atoms with Crippen LogP contribution < -0.4 is 10.6 Å². The largest absolute Gasteiger partial charge is 0.506 e. The molecule has 2 amide bonds. The Bertz CT molecular complexity index is 951. The van der Waals surface area contributed by atoms with Crippen LogP contribution in [0.5, 0.6) is 5.75 Å². The third kappa shape index (κ3) is 2.41. The number of carbonyl (C=O) groups excluding carboxylic acids is 2. The fraction of sp³-hybridized carbons (Fsp3) is 0.0769. The number of fused-ring (bicyclic) bond motifs is 1. The number of amides is 2. The summed E-state index contributed by atoms with van der Waals surface area (Å²) in [5, 5.41) is 11.9. The van der Waals surface area contributed by atoms with Crippen molar-refractivity contribution in [1.82, 2.24) is 15.6 Å². The van der Waals surface area contributed by atoms with Gasteiger partial charge < -0.3 is 15.7 Å². The number of nitrogens with zero attached hydrogens (tertiary/aromatic N) is 1. The average Bonchev–Trinajstić information content (AvgIpc) is 2.46. The monoisotopic (exact) mass is 351 g/mol. The Morgan fingerprint density at radius 2 is 1.78 bits per heavy atom. The minimum Gasteiger partial charge on any atom is -0.506 e. The maximum Gasteiger partial charge on any atom is 0.254 e. The Hall–Kier alpha value is -2.59. The Labute approximate surface area is 135 Å². The lowest BCUT2D eigenvalue weighted by atomic mass is 10.2. The van der Waals surface area contributed by atoms with Gasteiger partial charge in [0.2, 0.25) is 5.25 Å². The summed E-state index contributed by atoms with van der Waals surface area (Å²) in [4.78, 5) is 27.5. The van der Waals surface area contributed by atoms with Crippen LogP contribution in [0.25, 0.3) is 10.9 Å². The first-order chi connectivity index (χ1) is 10.8. The van der Waals surface area contributed by atoms with E-state index in [9.17, 15) is 23.1 Å². The number of nitrogens with one attached hydrogen (secondary N) is 2. The Kier molecular flexibility index (Phi) is 3.49. The van der Waals surface area contributed by atoms with Crippen LogP contribution >= 0.6 is 12.2 Å². The van der Waals surface area contributed by atoms with Gasteiger partial charge in [-0.1, -0.05) is 0 Å². The van der Waals surface area contributed by atoms with Gasteiger partial charge in [0.15, 0.2) is 14.9 Å². The van der Waals surface area contributed by atoms with Crippen LogP contribution in [-0.4, -0.2) is 40.7 Å². The highest BCUT2D eigenvalue weighted by Crippen LogP contribution is 2.30. The summed E-state index contributed by atoms with van der Waals surface area (Å²) in [7, 11) is -4.36. The summed E-state index contributed by atoms with van der Waals surface area (Å²) in [6, 6.07) is 5.18. The first-order valence-corrected chi connectivity index (χ1v) is 8.24. The smallest absolute Gasteiger partial charge is 0.254 e. The summed E-state index contributed by atoms with van der Waals surface area (Å²) in [5.74, 6) is -2.26. The number of rotatable bonds is 2. The van der Waals surface area contributed by atoms with E-state index in [0.29, 0.717) is 0 Å². The van der Waals surface area contributed by atoms with E-state index in [1.54, 1.807) is 0 Å². The lowest BCUT2D eigenvalue weighted by Crippen LogP contribution is -2.60. The fourth-order valence-corrected chi connectivity index (χ4v) is 4.16. The summed E-state index contributed by atoms with van der Waals surface area (Å²) >= 11 is 4.64. The van der Waals surface area contributed by atoms with Gasteiger partial charge in [-0.2, -0.15) is 0 Å². The molecule has 0 aliphatic carbocycles. The van der Waals surface area contributed by atoms with Gasteiger partial charge >= 0.3 is 0 Å². The normalized spacial score (nSPS) is 16.3. The predicted molar refractivity (Wildman–Crippen MR) is 83.3 cm³/mol. The lowest BCUT2D eigenvalue weighted by Gasteiger charge is -2.22. The van der Waals surface area contributed by atoms with E-state index >= 15 is 0 Å². The third-order valence-corrected chi connectivity index (χ3v) is 5.50. The maximum atomic E-state index is 12.8. The number of sulfone groups is 1. The van der Waals surface area contributed by atoms with Crippen LogP contribution in [-0.2, 0) is 19.4 Å². The number of carbonyl (C=O) groups is 2. The van der Waals surface area contributed by atoms with Crippen molar-refractivity contribution in [2.24, 2.45) is 0 Å². The number of phenols is 1. The Morgan fingerprint density at radius 1 is 1.13 bits per heavy atom. The van der Waals surface area contributed by atoms with E-state index < -0.39 is 26.9 Å². The third-order valence-electron chi connectivity index (χ3n) is 3.27. The van der Waals surface area contributed by atoms with Crippen LogP contribution in [0, 0.1) is 0 Å². The highest BCUT2D eigenvalue weighted by molar-refractivity contribution is 7.94. The molecule has 2 heterocycles. The van der Waals surface area contributed by atoms with Crippen molar-refractivity contribution >= 4 is 49.9 Å². The minimum absolute atomic E-state index is 0.0562. The molecule has 1 aliphatic rings. The molecule has 0 radical (unpaired) electrons. The summed E-state index contributed by atoms with van der Waals surface area (Å²) < 4.78 is 25.5. The van der Waals surface area contributed by atoms with Crippen molar-refractivity contribution in [3.8, 4) is 5.75 Å². The first kappa shape index (κ1) is 15.3. The molecular formula is C13H9N3O5S2. The Balaban J connectivity index is 2.22. The zero-order valence-corrected chi connectivity index (χ0v) is 12.9. The van der Waals surface area contributed by atoms with Crippen LogP contribution in [0.2, 0.25) is 0 Å². The molecule has 0 unspecified atom stereocenters. The quantitative estimate of drug-likeness (QED) is 0.497. The molecule has 3 rings (SSSR count). The number of hydrogen-bond donors (Lipinski definition) is 3. The molecule has 2 aromatic rings. The van der Waals surface area contributed by atoms with Crippen molar-refractivity contribution in [1.29, 1.82) is 0 Å². The second-order valence-corrected chi connectivity index (χ2v) is 7.12. The molecule has 0 bridgehead atoms. The zero-order valence-electron chi connectivity index (χ0n) is 11.3. The van der Waals surface area contributed by atoms with Crippen LogP contribution in [0.15, 0.2) is 35.4 Å². The average molecular weight is 351 g/mol.